The zero-order valence-electron chi connectivity index (χ0n) is 11.0. The lowest BCUT2D eigenvalue weighted by Gasteiger charge is -2.32. The Kier molecular flexibility index (Phi) is 2.31. The molecular weight excluding hydrogens is 229 g/mol. The van der Waals surface area contributed by atoms with Crippen molar-refractivity contribution in [2.45, 2.75) is 38.9 Å². The first-order chi connectivity index (χ1) is 8.39. The summed E-state index contributed by atoms with van der Waals surface area (Å²) in [5.41, 5.74) is 1.98. The molecule has 0 bridgehead atoms. The maximum atomic E-state index is 5.98. The van der Waals surface area contributed by atoms with Crippen molar-refractivity contribution in [2.75, 3.05) is 0 Å². The maximum Gasteiger partial charge on any atom is 0.496 e. The Morgan fingerprint density at radius 2 is 1.78 bits per heavy atom. The molecule has 18 heavy (non-hydrogen) atoms. The van der Waals surface area contributed by atoms with Crippen LogP contribution in [0, 0.1) is 0 Å². The number of pyridine rings is 1. The number of hydrogen-bond acceptors (Lipinski definition) is 4. The molecule has 0 radical (unpaired) electrons. The quantitative estimate of drug-likeness (QED) is 0.768. The summed E-state index contributed by atoms with van der Waals surface area (Å²) in [4.78, 5) is 4.33. The van der Waals surface area contributed by atoms with Gasteiger partial charge in [0.05, 0.1) is 22.9 Å². The number of nitrogens with zero attached hydrogens (tertiary/aromatic N) is 2. The van der Waals surface area contributed by atoms with Crippen LogP contribution in [0.2, 0.25) is 0 Å². The minimum absolute atomic E-state index is 0.333. The molecule has 2 aromatic heterocycles. The van der Waals surface area contributed by atoms with Crippen LogP contribution in [-0.2, 0) is 9.31 Å². The Morgan fingerprint density at radius 3 is 2.44 bits per heavy atom. The number of nitrogens with one attached hydrogen (secondary N) is 1. The number of aromatic amines is 1. The standard InChI is InChI=1S/C12H16BN3O2/c1-11(2)12(3,4)18-13(17-11)8-5-9-10(14-6-8)7-15-16-9/h5-7H,1-4H3,(H,15,16). The van der Waals surface area contributed by atoms with Crippen LogP contribution in [0.15, 0.2) is 18.5 Å². The van der Waals surface area contributed by atoms with Crippen LogP contribution < -0.4 is 5.46 Å². The van der Waals surface area contributed by atoms with Crippen molar-refractivity contribution in [1.82, 2.24) is 15.2 Å². The van der Waals surface area contributed by atoms with E-state index in [1.807, 2.05) is 33.8 Å². The van der Waals surface area contributed by atoms with Gasteiger partial charge in [-0.05, 0) is 33.8 Å². The third kappa shape index (κ3) is 1.64. The van der Waals surface area contributed by atoms with Crippen LogP contribution in [0.3, 0.4) is 0 Å². The van der Waals surface area contributed by atoms with E-state index in [1.165, 1.54) is 0 Å². The lowest BCUT2D eigenvalue weighted by molar-refractivity contribution is 0.00578. The molecule has 3 rings (SSSR count). The molecule has 1 fully saturated rings. The van der Waals surface area contributed by atoms with E-state index in [-0.39, 0.29) is 18.3 Å². The van der Waals surface area contributed by atoms with Crippen molar-refractivity contribution >= 4 is 23.6 Å². The van der Waals surface area contributed by atoms with Crippen LogP contribution >= 0.6 is 0 Å². The summed E-state index contributed by atoms with van der Waals surface area (Å²) in [7, 11) is -0.379. The van der Waals surface area contributed by atoms with Gasteiger partial charge in [0.15, 0.2) is 0 Å². The highest BCUT2D eigenvalue weighted by molar-refractivity contribution is 6.62. The van der Waals surface area contributed by atoms with Crippen molar-refractivity contribution in [3.8, 4) is 0 Å². The summed E-state index contributed by atoms with van der Waals surface area (Å²) in [6.45, 7) is 8.15. The number of rotatable bonds is 1. The first-order valence-electron chi connectivity index (χ1n) is 6.04. The smallest absolute Gasteiger partial charge is 0.399 e. The lowest BCUT2D eigenvalue weighted by Crippen LogP contribution is -2.41. The Balaban J connectivity index is 1.96. The molecule has 0 unspecified atom stereocenters. The Bertz CT molecular complexity index is 578. The Hall–Kier alpha value is -1.40. The highest BCUT2D eigenvalue weighted by Crippen LogP contribution is 2.36. The lowest BCUT2D eigenvalue weighted by atomic mass is 9.80. The molecule has 5 nitrogen and oxygen atoms in total. The van der Waals surface area contributed by atoms with Crippen molar-refractivity contribution < 1.29 is 9.31 Å². The normalized spacial score (nSPS) is 21.7. The number of H-pyrrole nitrogens is 1. The SMILES string of the molecule is CC1(C)OB(c2cnc3cn[nH]c3c2)OC1(C)C. The van der Waals surface area contributed by atoms with E-state index >= 15 is 0 Å². The summed E-state index contributed by atoms with van der Waals surface area (Å²) in [5.74, 6) is 0. The van der Waals surface area contributed by atoms with Gasteiger partial charge in [-0.15, -0.1) is 0 Å². The summed E-state index contributed by atoms with van der Waals surface area (Å²) in [5, 5.41) is 6.86. The predicted octanol–water partition coefficient (Wildman–Crippen LogP) is 1.26. The zero-order chi connectivity index (χ0) is 13.0. The van der Waals surface area contributed by atoms with Crippen molar-refractivity contribution in [1.29, 1.82) is 0 Å². The van der Waals surface area contributed by atoms with Crippen molar-refractivity contribution in [3.63, 3.8) is 0 Å². The summed E-state index contributed by atoms with van der Waals surface area (Å²) in [6, 6.07) is 1.97. The highest BCUT2D eigenvalue weighted by Gasteiger charge is 2.51. The van der Waals surface area contributed by atoms with Crippen molar-refractivity contribution in [3.05, 3.63) is 18.5 Å². The second-order valence-electron chi connectivity index (χ2n) is 5.66. The zero-order valence-corrected chi connectivity index (χ0v) is 11.0. The Morgan fingerprint density at radius 1 is 1.11 bits per heavy atom. The van der Waals surface area contributed by atoms with Gasteiger partial charge in [-0.2, -0.15) is 5.10 Å². The molecule has 94 valence electrons. The van der Waals surface area contributed by atoms with Gasteiger partial charge < -0.3 is 9.31 Å². The van der Waals surface area contributed by atoms with Gasteiger partial charge in [0.1, 0.15) is 5.52 Å². The maximum absolute atomic E-state index is 5.98. The summed E-state index contributed by atoms with van der Waals surface area (Å²) < 4.78 is 12.0. The first-order valence-corrected chi connectivity index (χ1v) is 6.04. The third-order valence-electron chi connectivity index (χ3n) is 3.84. The van der Waals surface area contributed by atoms with Crippen LogP contribution in [-0.4, -0.2) is 33.5 Å². The van der Waals surface area contributed by atoms with Gasteiger partial charge in [-0.25, -0.2) is 0 Å². The van der Waals surface area contributed by atoms with Crippen LogP contribution in [0.25, 0.3) is 11.0 Å². The average Bonchev–Trinajstić information content (AvgIpc) is 2.80. The molecule has 0 aliphatic carbocycles. The molecule has 6 heteroatoms. The van der Waals surface area contributed by atoms with Gasteiger partial charge in [-0.3, -0.25) is 10.1 Å². The third-order valence-corrected chi connectivity index (χ3v) is 3.84. The van der Waals surface area contributed by atoms with E-state index in [0.717, 1.165) is 16.5 Å². The number of fused-ring (bicyclic) bond motifs is 1. The van der Waals surface area contributed by atoms with E-state index in [0.29, 0.717) is 0 Å². The topological polar surface area (TPSA) is 60.0 Å². The number of hydrogen-bond donors (Lipinski definition) is 1. The number of aromatic nitrogens is 3. The second-order valence-corrected chi connectivity index (χ2v) is 5.66. The van der Waals surface area contributed by atoms with Gasteiger partial charge in [0, 0.05) is 11.7 Å². The monoisotopic (exact) mass is 245 g/mol. The Labute approximate surface area is 106 Å². The molecule has 1 saturated heterocycles. The van der Waals surface area contributed by atoms with E-state index in [9.17, 15) is 0 Å². The molecule has 0 aromatic carbocycles. The van der Waals surface area contributed by atoms with E-state index in [1.54, 1.807) is 12.4 Å². The fourth-order valence-corrected chi connectivity index (χ4v) is 1.95. The first kappa shape index (κ1) is 11.7. The molecular formula is C12H16BN3O2. The van der Waals surface area contributed by atoms with Crippen LogP contribution in [0.1, 0.15) is 27.7 Å². The minimum atomic E-state index is -0.379. The summed E-state index contributed by atoms with van der Waals surface area (Å²) in [6.07, 6.45) is 3.48. The molecule has 0 spiro atoms. The molecule has 3 heterocycles. The largest absolute Gasteiger partial charge is 0.496 e. The molecule has 1 aliphatic heterocycles. The predicted molar refractivity (Wildman–Crippen MR) is 69.6 cm³/mol. The van der Waals surface area contributed by atoms with Gasteiger partial charge >= 0.3 is 7.12 Å². The van der Waals surface area contributed by atoms with Crippen LogP contribution in [0.5, 0.6) is 0 Å². The second kappa shape index (κ2) is 3.55. The summed E-state index contributed by atoms with van der Waals surface area (Å²) >= 11 is 0. The fraction of sp³-hybridized carbons (Fsp3) is 0.500. The van der Waals surface area contributed by atoms with Gasteiger partial charge in [-0.1, -0.05) is 0 Å². The van der Waals surface area contributed by atoms with E-state index in [4.69, 9.17) is 9.31 Å². The molecule has 0 saturated carbocycles. The highest BCUT2D eigenvalue weighted by atomic mass is 16.7. The average molecular weight is 245 g/mol. The van der Waals surface area contributed by atoms with E-state index in [2.05, 4.69) is 15.2 Å². The molecule has 2 aromatic rings. The van der Waals surface area contributed by atoms with Crippen LogP contribution in [0.4, 0.5) is 0 Å². The molecule has 0 atom stereocenters. The molecule has 1 aliphatic rings. The molecule has 0 amide bonds. The van der Waals surface area contributed by atoms with E-state index < -0.39 is 0 Å². The van der Waals surface area contributed by atoms with Gasteiger partial charge in [0.25, 0.3) is 0 Å². The molecule has 1 N–H and O–H groups in total. The van der Waals surface area contributed by atoms with Crippen molar-refractivity contribution in [2.24, 2.45) is 0 Å². The minimum Gasteiger partial charge on any atom is -0.399 e. The van der Waals surface area contributed by atoms with Gasteiger partial charge in [0.2, 0.25) is 0 Å². The fourth-order valence-electron chi connectivity index (χ4n) is 1.95.